The van der Waals surface area contributed by atoms with E-state index in [0.717, 1.165) is 25.5 Å². The van der Waals surface area contributed by atoms with E-state index in [1.807, 2.05) is 0 Å². The summed E-state index contributed by atoms with van der Waals surface area (Å²) in [4.78, 5) is 9.56. The van der Waals surface area contributed by atoms with Crippen molar-refractivity contribution in [3.05, 3.63) is 0 Å². The van der Waals surface area contributed by atoms with Crippen LogP contribution in [-0.2, 0) is 4.79 Å². The minimum absolute atomic E-state index is 0. The summed E-state index contributed by atoms with van der Waals surface area (Å²) in [5.74, 6) is 0. The van der Waals surface area contributed by atoms with Crippen molar-refractivity contribution in [1.82, 2.24) is 0 Å². The molecule has 0 N–H and O–H groups in total. The zero-order valence-corrected chi connectivity index (χ0v) is 7.13. The van der Waals surface area contributed by atoms with Gasteiger partial charge in [-0.25, -0.2) is 0 Å². The van der Waals surface area contributed by atoms with Gasteiger partial charge in [-0.3, -0.25) is 0 Å². The van der Waals surface area contributed by atoms with E-state index in [9.17, 15) is 4.79 Å². The standard InChI is InChI=1S/C5H10O.Sm/c1-2-3-4-5-6;/h5H,2-4H2,1H3;. The van der Waals surface area contributed by atoms with Crippen LogP contribution in [0.15, 0.2) is 0 Å². The van der Waals surface area contributed by atoms with Gasteiger partial charge in [0.15, 0.2) is 0 Å². The van der Waals surface area contributed by atoms with Crippen LogP contribution in [0.25, 0.3) is 0 Å². The van der Waals surface area contributed by atoms with E-state index in [1.165, 1.54) is 0 Å². The van der Waals surface area contributed by atoms with Crippen molar-refractivity contribution in [3.63, 3.8) is 0 Å². The molecule has 0 bridgehead atoms. The summed E-state index contributed by atoms with van der Waals surface area (Å²) in [6.45, 7) is 2.07. The van der Waals surface area contributed by atoms with Crippen LogP contribution in [0.5, 0.6) is 0 Å². The van der Waals surface area contributed by atoms with Gasteiger partial charge < -0.3 is 4.79 Å². The van der Waals surface area contributed by atoms with Crippen LogP contribution in [-0.4, -0.2) is 6.29 Å². The monoisotopic (exact) mass is 238 g/mol. The van der Waals surface area contributed by atoms with Gasteiger partial charge in [0.1, 0.15) is 6.29 Å². The molecule has 0 atom stereocenters. The van der Waals surface area contributed by atoms with E-state index in [0.29, 0.717) is 0 Å². The molecule has 0 aromatic heterocycles. The van der Waals surface area contributed by atoms with Crippen molar-refractivity contribution in [2.24, 2.45) is 0 Å². The molecule has 0 rings (SSSR count). The molecule has 42 valence electrons. The molecule has 1 nitrogen and oxygen atoms in total. The summed E-state index contributed by atoms with van der Waals surface area (Å²) in [5.41, 5.74) is 0. The molecule has 0 aliphatic carbocycles. The normalized spacial score (nSPS) is 7.00. The molecule has 0 heterocycles. The molecule has 0 unspecified atom stereocenters. The van der Waals surface area contributed by atoms with E-state index in [4.69, 9.17) is 0 Å². The Balaban J connectivity index is 0. The Morgan fingerprint density at radius 3 is 2.29 bits per heavy atom. The predicted octanol–water partition coefficient (Wildman–Crippen LogP) is 1.38. The molecule has 7 heavy (non-hydrogen) atoms. The summed E-state index contributed by atoms with van der Waals surface area (Å²) < 4.78 is 0. The molecular weight excluding hydrogens is 226 g/mol. The molecule has 0 aromatic carbocycles. The summed E-state index contributed by atoms with van der Waals surface area (Å²) >= 11 is 0. The van der Waals surface area contributed by atoms with E-state index < -0.39 is 0 Å². The largest absolute Gasteiger partial charge is 0.303 e. The van der Waals surface area contributed by atoms with Crippen LogP contribution in [0.3, 0.4) is 0 Å². The molecule has 0 amide bonds. The van der Waals surface area contributed by atoms with E-state index >= 15 is 0 Å². The third-order valence-electron chi connectivity index (χ3n) is 0.676. The Labute approximate surface area is 77.0 Å². The van der Waals surface area contributed by atoms with Crippen molar-refractivity contribution in [3.8, 4) is 0 Å². The number of hydrogen-bond acceptors (Lipinski definition) is 1. The average molecular weight is 236 g/mol. The quantitative estimate of drug-likeness (QED) is 0.534. The molecule has 0 aliphatic rings. The van der Waals surface area contributed by atoms with Gasteiger partial charge >= 0.3 is 0 Å². The minimum atomic E-state index is 0. The molecule has 0 aromatic rings. The second-order valence-electron chi connectivity index (χ2n) is 1.31. The number of hydrogen-bond donors (Lipinski definition) is 0. The molecule has 0 radical (unpaired) electrons. The number of aldehydes is 1. The second-order valence-corrected chi connectivity index (χ2v) is 1.31. The fraction of sp³-hybridized carbons (Fsp3) is 0.800. The van der Waals surface area contributed by atoms with Crippen molar-refractivity contribution >= 4 is 6.29 Å². The first-order chi connectivity index (χ1) is 2.91. The van der Waals surface area contributed by atoms with Gasteiger partial charge in [-0.2, -0.15) is 0 Å². The van der Waals surface area contributed by atoms with Gasteiger partial charge in [0.2, 0.25) is 0 Å². The third-order valence-corrected chi connectivity index (χ3v) is 0.676. The molecule has 2 heteroatoms. The van der Waals surface area contributed by atoms with Gasteiger partial charge in [-0.1, -0.05) is 13.3 Å². The number of carbonyl (C=O) groups excluding carboxylic acids is 1. The third kappa shape index (κ3) is 10.9. The van der Waals surface area contributed by atoms with Crippen LogP contribution < -0.4 is 0 Å². The molecule has 0 spiro atoms. The van der Waals surface area contributed by atoms with Gasteiger partial charge in [0.25, 0.3) is 0 Å². The zero-order chi connectivity index (χ0) is 4.83. The van der Waals surface area contributed by atoms with Crippen LogP contribution in [0.1, 0.15) is 26.2 Å². The Bertz CT molecular complexity index is 37.1. The summed E-state index contributed by atoms with van der Waals surface area (Å²) in [6.07, 6.45) is 3.86. The van der Waals surface area contributed by atoms with E-state index in [1.54, 1.807) is 0 Å². The first-order valence-corrected chi connectivity index (χ1v) is 2.35. The number of unbranched alkanes of at least 4 members (excludes halogenated alkanes) is 2. The Kier molecular flexibility index (Phi) is 15.7. The molecule has 0 saturated carbocycles. The Morgan fingerprint density at radius 1 is 1.57 bits per heavy atom. The fourth-order valence-electron chi connectivity index (χ4n) is 0.287. The number of carbonyl (C=O) groups is 1. The van der Waals surface area contributed by atoms with Crippen LogP contribution in [0.2, 0.25) is 0 Å². The maximum atomic E-state index is 9.56. The van der Waals surface area contributed by atoms with E-state index in [-0.39, 0.29) is 40.4 Å². The topological polar surface area (TPSA) is 17.1 Å². The van der Waals surface area contributed by atoms with Crippen molar-refractivity contribution in [2.45, 2.75) is 26.2 Å². The molecule has 0 saturated heterocycles. The fourth-order valence-corrected chi connectivity index (χ4v) is 0.287. The smallest absolute Gasteiger partial charge is 0.119 e. The van der Waals surface area contributed by atoms with Gasteiger partial charge in [-0.05, 0) is 6.42 Å². The first kappa shape index (κ1) is 10.9. The second kappa shape index (κ2) is 10.1. The van der Waals surface area contributed by atoms with E-state index in [2.05, 4.69) is 6.92 Å². The maximum Gasteiger partial charge on any atom is 0.119 e. The number of rotatable bonds is 3. The van der Waals surface area contributed by atoms with Gasteiger partial charge in [-0.15, -0.1) is 0 Å². The molecule has 0 aliphatic heterocycles. The average Bonchev–Trinajstić information content (AvgIpc) is 1.61. The zero-order valence-electron chi connectivity index (χ0n) is 4.52. The maximum absolute atomic E-state index is 9.56. The summed E-state index contributed by atoms with van der Waals surface area (Å²) in [5, 5.41) is 0. The van der Waals surface area contributed by atoms with Gasteiger partial charge in [0, 0.05) is 46.8 Å². The van der Waals surface area contributed by atoms with Crippen molar-refractivity contribution in [2.75, 3.05) is 0 Å². The minimum Gasteiger partial charge on any atom is -0.303 e. The van der Waals surface area contributed by atoms with Crippen LogP contribution >= 0.6 is 0 Å². The first-order valence-electron chi connectivity index (χ1n) is 2.35. The molecular formula is C5H10OSm. The Hall–Kier alpha value is 1.01. The Morgan fingerprint density at radius 2 is 2.14 bits per heavy atom. The summed E-state index contributed by atoms with van der Waals surface area (Å²) in [6, 6.07) is 0. The van der Waals surface area contributed by atoms with Gasteiger partial charge in [0.05, 0.1) is 0 Å². The SMILES string of the molecule is CCCCC=O.[Sm]. The van der Waals surface area contributed by atoms with Crippen molar-refractivity contribution < 1.29 is 45.2 Å². The summed E-state index contributed by atoms with van der Waals surface area (Å²) in [7, 11) is 0. The van der Waals surface area contributed by atoms with Crippen molar-refractivity contribution in [1.29, 1.82) is 0 Å². The van der Waals surface area contributed by atoms with Crippen LogP contribution in [0, 0.1) is 40.4 Å². The predicted molar refractivity (Wildman–Crippen MR) is 25.6 cm³/mol. The molecule has 0 fully saturated rings. The van der Waals surface area contributed by atoms with Crippen LogP contribution in [0.4, 0.5) is 0 Å².